The minimum atomic E-state index is -0.0500. The van der Waals surface area contributed by atoms with Gasteiger partial charge < -0.3 is 10.2 Å². The summed E-state index contributed by atoms with van der Waals surface area (Å²) < 4.78 is 1.73. The molecule has 4 rings (SSSR count). The van der Waals surface area contributed by atoms with E-state index in [0.717, 1.165) is 23.4 Å². The summed E-state index contributed by atoms with van der Waals surface area (Å²) in [6.07, 6.45) is 2.30. The molecule has 2 amide bonds. The lowest BCUT2D eigenvalue weighted by atomic mass is 9.95. The van der Waals surface area contributed by atoms with E-state index in [4.69, 9.17) is 5.10 Å². The molecular weight excluding hydrogens is 388 g/mol. The first-order chi connectivity index (χ1) is 15.2. The Kier molecular flexibility index (Phi) is 6.46. The van der Waals surface area contributed by atoms with Gasteiger partial charge in [-0.2, -0.15) is 5.10 Å². The Balaban J connectivity index is 1.56. The number of rotatable bonds is 6. The van der Waals surface area contributed by atoms with Gasteiger partial charge in [-0.1, -0.05) is 55.5 Å². The maximum Gasteiger partial charge on any atom is 0.272 e. The van der Waals surface area contributed by atoms with E-state index in [1.54, 1.807) is 4.68 Å². The quantitative estimate of drug-likeness (QED) is 0.662. The van der Waals surface area contributed by atoms with Gasteiger partial charge in [0.1, 0.15) is 5.69 Å². The molecule has 2 heterocycles. The van der Waals surface area contributed by atoms with Crippen LogP contribution in [0.4, 0.5) is 0 Å². The van der Waals surface area contributed by atoms with E-state index in [2.05, 4.69) is 5.32 Å². The van der Waals surface area contributed by atoms with Gasteiger partial charge in [-0.15, -0.1) is 0 Å². The number of hydrogen-bond acceptors (Lipinski definition) is 3. The molecule has 0 atom stereocenters. The van der Waals surface area contributed by atoms with Gasteiger partial charge in [0.2, 0.25) is 5.91 Å². The van der Waals surface area contributed by atoms with Crippen LogP contribution in [0.2, 0.25) is 0 Å². The zero-order valence-corrected chi connectivity index (χ0v) is 17.8. The van der Waals surface area contributed by atoms with E-state index < -0.39 is 0 Å². The number of benzene rings is 2. The molecular formula is C25H28N4O2. The maximum atomic E-state index is 13.5. The van der Waals surface area contributed by atoms with Crippen molar-refractivity contribution in [2.75, 3.05) is 19.6 Å². The second-order valence-corrected chi connectivity index (χ2v) is 7.89. The summed E-state index contributed by atoms with van der Waals surface area (Å²) >= 11 is 0. The monoisotopic (exact) mass is 416 g/mol. The van der Waals surface area contributed by atoms with Crippen LogP contribution in [0.5, 0.6) is 0 Å². The molecule has 1 fully saturated rings. The number of hydrogen-bond donors (Lipinski definition) is 1. The molecule has 1 N–H and O–H groups in total. The lowest BCUT2D eigenvalue weighted by Gasteiger charge is -2.31. The number of para-hydroxylation sites is 1. The molecule has 0 unspecified atom stereocenters. The Morgan fingerprint density at radius 1 is 1.00 bits per heavy atom. The smallest absolute Gasteiger partial charge is 0.272 e. The van der Waals surface area contributed by atoms with E-state index in [0.29, 0.717) is 38.2 Å². The molecule has 0 spiro atoms. The summed E-state index contributed by atoms with van der Waals surface area (Å²) in [4.78, 5) is 27.6. The Bertz CT molecular complexity index is 1020. The van der Waals surface area contributed by atoms with Crippen molar-refractivity contribution < 1.29 is 9.59 Å². The van der Waals surface area contributed by atoms with Crippen molar-refractivity contribution in [2.45, 2.75) is 26.2 Å². The van der Waals surface area contributed by atoms with Gasteiger partial charge in [-0.05, 0) is 37.5 Å². The molecule has 31 heavy (non-hydrogen) atoms. The number of carbonyl (C=O) groups is 2. The van der Waals surface area contributed by atoms with Crippen molar-refractivity contribution in [1.82, 2.24) is 20.0 Å². The fourth-order valence-electron chi connectivity index (χ4n) is 3.95. The molecule has 1 aliphatic heterocycles. The Labute approximate surface area is 182 Å². The highest BCUT2D eigenvalue weighted by Crippen LogP contribution is 2.25. The fourth-order valence-corrected chi connectivity index (χ4v) is 3.95. The highest BCUT2D eigenvalue weighted by Gasteiger charge is 2.29. The van der Waals surface area contributed by atoms with Crippen LogP contribution in [-0.2, 0) is 4.79 Å². The van der Waals surface area contributed by atoms with Crippen molar-refractivity contribution in [2.24, 2.45) is 5.92 Å². The van der Waals surface area contributed by atoms with Crippen LogP contribution in [0.25, 0.3) is 16.9 Å². The van der Waals surface area contributed by atoms with Crippen LogP contribution in [0.1, 0.15) is 36.7 Å². The molecule has 1 saturated heterocycles. The lowest BCUT2D eigenvalue weighted by Crippen LogP contribution is -2.43. The molecule has 0 saturated carbocycles. The number of carbonyl (C=O) groups excluding carboxylic acids is 2. The summed E-state index contributed by atoms with van der Waals surface area (Å²) in [6.45, 7) is 3.89. The van der Waals surface area contributed by atoms with E-state index >= 15 is 0 Å². The molecule has 0 bridgehead atoms. The second-order valence-electron chi connectivity index (χ2n) is 7.89. The van der Waals surface area contributed by atoms with Crippen LogP contribution < -0.4 is 5.32 Å². The Morgan fingerprint density at radius 3 is 2.29 bits per heavy atom. The molecule has 1 aliphatic rings. The third-order valence-electron chi connectivity index (χ3n) is 5.70. The largest absolute Gasteiger partial charge is 0.356 e. The number of piperidine rings is 1. The average Bonchev–Trinajstić information content (AvgIpc) is 3.29. The average molecular weight is 417 g/mol. The summed E-state index contributed by atoms with van der Waals surface area (Å²) in [7, 11) is 0. The standard InChI is InChI=1S/C25H28N4O2/c1-2-15-26-24(30)20-13-16-28(17-14-20)25(31)23-18-22(19-9-5-3-6-10-19)27-29(23)21-11-7-4-8-12-21/h3-12,18,20H,2,13-17H2,1H3,(H,26,30). The molecule has 2 aromatic carbocycles. The lowest BCUT2D eigenvalue weighted by molar-refractivity contribution is -0.126. The zero-order valence-electron chi connectivity index (χ0n) is 17.8. The van der Waals surface area contributed by atoms with Crippen LogP contribution in [0, 0.1) is 5.92 Å². The van der Waals surface area contributed by atoms with E-state index in [1.165, 1.54) is 0 Å². The number of nitrogens with zero attached hydrogens (tertiary/aromatic N) is 3. The first kappa shape index (κ1) is 20.8. The van der Waals surface area contributed by atoms with Crippen LogP contribution in [-0.4, -0.2) is 46.1 Å². The van der Waals surface area contributed by atoms with E-state index in [1.807, 2.05) is 78.6 Å². The number of amides is 2. The first-order valence-electron chi connectivity index (χ1n) is 10.9. The number of aromatic nitrogens is 2. The third-order valence-corrected chi connectivity index (χ3v) is 5.70. The molecule has 0 radical (unpaired) electrons. The third kappa shape index (κ3) is 4.68. The van der Waals surface area contributed by atoms with E-state index in [-0.39, 0.29) is 17.7 Å². The van der Waals surface area contributed by atoms with Gasteiger partial charge in [0.25, 0.3) is 5.91 Å². The second kappa shape index (κ2) is 9.60. The Morgan fingerprint density at radius 2 is 1.65 bits per heavy atom. The van der Waals surface area contributed by atoms with Crippen LogP contribution >= 0.6 is 0 Å². The molecule has 160 valence electrons. The Hall–Kier alpha value is -3.41. The molecule has 1 aromatic heterocycles. The maximum absolute atomic E-state index is 13.5. The van der Waals surface area contributed by atoms with Gasteiger partial charge in [-0.25, -0.2) is 4.68 Å². The van der Waals surface area contributed by atoms with Crippen molar-refractivity contribution in [3.63, 3.8) is 0 Å². The highest BCUT2D eigenvalue weighted by atomic mass is 16.2. The molecule has 0 aliphatic carbocycles. The van der Waals surface area contributed by atoms with Gasteiger partial charge >= 0.3 is 0 Å². The van der Waals surface area contributed by atoms with E-state index in [9.17, 15) is 9.59 Å². The van der Waals surface area contributed by atoms with Crippen molar-refractivity contribution in [1.29, 1.82) is 0 Å². The molecule has 6 heteroatoms. The topological polar surface area (TPSA) is 67.2 Å². The van der Waals surface area contributed by atoms with Crippen molar-refractivity contribution in [3.05, 3.63) is 72.4 Å². The minimum absolute atomic E-state index is 0.0190. The fraction of sp³-hybridized carbons (Fsp3) is 0.320. The first-order valence-corrected chi connectivity index (χ1v) is 10.9. The normalized spacial score (nSPS) is 14.4. The number of nitrogens with one attached hydrogen (secondary N) is 1. The summed E-state index contributed by atoms with van der Waals surface area (Å²) in [5.41, 5.74) is 3.12. The van der Waals surface area contributed by atoms with Gasteiger partial charge in [0, 0.05) is 31.1 Å². The van der Waals surface area contributed by atoms with Crippen LogP contribution in [0.3, 0.4) is 0 Å². The van der Waals surface area contributed by atoms with Crippen molar-refractivity contribution in [3.8, 4) is 16.9 Å². The summed E-state index contributed by atoms with van der Waals surface area (Å²) in [5, 5.41) is 7.72. The van der Waals surface area contributed by atoms with Crippen LogP contribution in [0.15, 0.2) is 66.7 Å². The molecule has 6 nitrogen and oxygen atoms in total. The summed E-state index contributed by atoms with van der Waals surface area (Å²) in [5.74, 6) is 0.0371. The van der Waals surface area contributed by atoms with Gasteiger partial charge in [0.05, 0.1) is 11.4 Å². The van der Waals surface area contributed by atoms with Gasteiger partial charge in [-0.3, -0.25) is 9.59 Å². The van der Waals surface area contributed by atoms with Crippen molar-refractivity contribution >= 4 is 11.8 Å². The minimum Gasteiger partial charge on any atom is -0.356 e. The highest BCUT2D eigenvalue weighted by molar-refractivity contribution is 5.94. The predicted molar refractivity (Wildman–Crippen MR) is 121 cm³/mol. The summed E-state index contributed by atoms with van der Waals surface area (Å²) in [6, 6.07) is 21.5. The molecule has 3 aromatic rings. The van der Waals surface area contributed by atoms with Gasteiger partial charge in [0.15, 0.2) is 0 Å². The SMILES string of the molecule is CCCNC(=O)C1CCN(C(=O)c2cc(-c3ccccc3)nn2-c2ccccc2)CC1. The predicted octanol–water partition coefficient (Wildman–Crippen LogP) is 3.92. The number of likely N-dealkylation sites (tertiary alicyclic amines) is 1. The zero-order chi connectivity index (χ0) is 21.6.